The highest BCUT2D eigenvalue weighted by atomic mass is 16.2. The summed E-state index contributed by atoms with van der Waals surface area (Å²) in [5, 5.41) is 5.48. The van der Waals surface area contributed by atoms with Gasteiger partial charge in [-0.05, 0) is 36.2 Å². The molecule has 3 amide bonds. The lowest BCUT2D eigenvalue weighted by Crippen LogP contribution is -2.35. The van der Waals surface area contributed by atoms with Crippen molar-refractivity contribution in [1.29, 1.82) is 0 Å². The van der Waals surface area contributed by atoms with Crippen LogP contribution in [0.15, 0.2) is 48.5 Å². The highest BCUT2D eigenvalue weighted by Crippen LogP contribution is 2.16. The number of amides is 3. The van der Waals surface area contributed by atoms with E-state index in [1.54, 1.807) is 31.3 Å². The largest absolute Gasteiger partial charge is 0.332 e. The molecule has 0 aliphatic carbocycles. The lowest BCUT2D eigenvalue weighted by atomic mass is 10.1. The van der Waals surface area contributed by atoms with Crippen LogP contribution in [0.4, 0.5) is 11.4 Å². The molecule has 0 aliphatic heterocycles. The number of hydrogen-bond acceptors (Lipinski definition) is 3. The van der Waals surface area contributed by atoms with Gasteiger partial charge in [-0.2, -0.15) is 0 Å². The van der Waals surface area contributed by atoms with Crippen molar-refractivity contribution in [3.05, 3.63) is 59.7 Å². The lowest BCUT2D eigenvalue weighted by molar-refractivity contribution is -0.116. The highest BCUT2D eigenvalue weighted by Gasteiger charge is 2.16. The van der Waals surface area contributed by atoms with Gasteiger partial charge in [-0.15, -0.1) is 0 Å². The van der Waals surface area contributed by atoms with E-state index >= 15 is 0 Å². The molecule has 0 radical (unpaired) electrons. The summed E-state index contributed by atoms with van der Waals surface area (Å²) in [4.78, 5) is 37.3. The van der Waals surface area contributed by atoms with E-state index in [2.05, 4.69) is 10.6 Å². The summed E-state index contributed by atoms with van der Waals surface area (Å²) >= 11 is 0. The van der Waals surface area contributed by atoms with E-state index in [0.717, 1.165) is 17.7 Å². The molecule has 2 aromatic rings. The fourth-order valence-corrected chi connectivity index (χ4v) is 2.58. The van der Waals surface area contributed by atoms with Gasteiger partial charge < -0.3 is 15.5 Å². The third kappa shape index (κ3) is 5.17. The number of para-hydroxylation sites is 1. The molecule has 6 nitrogen and oxygen atoms in total. The van der Waals surface area contributed by atoms with E-state index in [1.807, 2.05) is 31.2 Å². The van der Waals surface area contributed by atoms with Crippen molar-refractivity contribution in [1.82, 2.24) is 4.90 Å². The summed E-state index contributed by atoms with van der Waals surface area (Å²) in [5.74, 6) is -0.771. The molecule has 0 fully saturated rings. The molecule has 2 N–H and O–H groups in total. The van der Waals surface area contributed by atoms with E-state index in [1.165, 1.54) is 11.8 Å². The van der Waals surface area contributed by atoms with Crippen molar-refractivity contribution in [2.24, 2.45) is 0 Å². The van der Waals surface area contributed by atoms with Gasteiger partial charge in [0.1, 0.15) is 0 Å². The van der Waals surface area contributed by atoms with Crippen molar-refractivity contribution < 1.29 is 14.4 Å². The second-order valence-electron chi connectivity index (χ2n) is 5.98. The van der Waals surface area contributed by atoms with E-state index in [9.17, 15) is 14.4 Å². The molecule has 2 aromatic carbocycles. The first-order chi connectivity index (χ1) is 12.4. The average molecular weight is 353 g/mol. The van der Waals surface area contributed by atoms with Gasteiger partial charge in [0.05, 0.1) is 6.54 Å². The number of carbonyl (C=O) groups excluding carboxylic acids is 3. The Kier molecular flexibility index (Phi) is 6.49. The first-order valence-corrected chi connectivity index (χ1v) is 8.41. The number of anilines is 2. The van der Waals surface area contributed by atoms with Crippen molar-refractivity contribution in [3.63, 3.8) is 0 Å². The third-order valence-corrected chi connectivity index (χ3v) is 3.83. The van der Waals surface area contributed by atoms with Crippen LogP contribution in [-0.2, 0) is 16.0 Å². The predicted molar refractivity (Wildman–Crippen MR) is 102 cm³/mol. The Labute approximate surface area is 153 Å². The van der Waals surface area contributed by atoms with Crippen molar-refractivity contribution in [2.75, 3.05) is 24.2 Å². The number of nitrogens with zero attached hydrogens (tertiary/aromatic N) is 1. The minimum absolute atomic E-state index is 0.0682. The van der Waals surface area contributed by atoms with Crippen LogP contribution in [0.5, 0.6) is 0 Å². The Morgan fingerprint density at radius 2 is 1.73 bits per heavy atom. The first-order valence-electron chi connectivity index (χ1n) is 8.41. The number of rotatable bonds is 6. The number of benzene rings is 2. The molecule has 136 valence electrons. The standard InChI is InChI=1S/C20H23N3O3/c1-4-15-8-5-6-11-18(15)22-19(25)13-23(3)20(26)16-9-7-10-17(12-16)21-14(2)24/h5-12H,4,13H2,1-3H3,(H,21,24)(H,22,25). The quantitative estimate of drug-likeness (QED) is 0.838. The summed E-state index contributed by atoms with van der Waals surface area (Å²) in [7, 11) is 1.57. The van der Waals surface area contributed by atoms with Gasteiger partial charge in [0.15, 0.2) is 0 Å². The van der Waals surface area contributed by atoms with Crippen LogP contribution in [0.2, 0.25) is 0 Å². The van der Waals surface area contributed by atoms with Crippen LogP contribution in [-0.4, -0.2) is 36.2 Å². The summed E-state index contributed by atoms with van der Waals surface area (Å²) in [5.41, 5.74) is 2.74. The maximum atomic E-state index is 12.5. The molecule has 0 saturated heterocycles. The third-order valence-electron chi connectivity index (χ3n) is 3.83. The van der Waals surface area contributed by atoms with Gasteiger partial charge in [0.2, 0.25) is 11.8 Å². The minimum Gasteiger partial charge on any atom is -0.332 e. The Bertz CT molecular complexity index is 817. The molecule has 0 spiro atoms. The maximum Gasteiger partial charge on any atom is 0.254 e. The maximum absolute atomic E-state index is 12.5. The van der Waals surface area contributed by atoms with Gasteiger partial charge >= 0.3 is 0 Å². The second-order valence-corrected chi connectivity index (χ2v) is 5.98. The van der Waals surface area contributed by atoms with Crippen LogP contribution in [0.1, 0.15) is 29.8 Å². The van der Waals surface area contributed by atoms with Crippen molar-refractivity contribution >= 4 is 29.1 Å². The highest BCUT2D eigenvalue weighted by molar-refractivity contribution is 6.00. The molecule has 2 rings (SSSR count). The first kappa shape index (κ1) is 19.2. The molecule has 0 bridgehead atoms. The number of hydrogen-bond donors (Lipinski definition) is 2. The number of carbonyl (C=O) groups is 3. The van der Waals surface area contributed by atoms with Crippen LogP contribution < -0.4 is 10.6 Å². The average Bonchev–Trinajstić information content (AvgIpc) is 2.61. The molecular formula is C20H23N3O3. The van der Waals surface area contributed by atoms with Gasteiger partial charge in [-0.3, -0.25) is 14.4 Å². The zero-order valence-electron chi connectivity index (χ0n) is 15.2. The topological polar surface area (TPSA) is 78.5 Å². The molecule has 0 unspecified atom stereocenters. The SMILES string of the molecule is CCc1ccccc1NC(=O)CN(C)C(=O)c1cccc(NC(C)=O)c1. The van der Waals surface area contributed by atoms with Gasteiger partial charge in [0.25, 0.3) is 5.91 Å². The number of nitrogens with one attached hydrogen (secondary N) is 2. The van der Waals surface area contributed by atoms with Crippen molar-refractivity contribution in [2.45, 2.75) is 20.3 Å². The Morgan fingerprint density at radius 3 is 2.42 bits per heavy atom. The fourth-order valence-electron chi connectivity index (χ4n) is 2.58. The van der Waals surface area contributed by atoms with Crippen molar-refractivity contribution in [3.8, 4) is 0 Å². The van der Waals surface area contributed by atoms with Crippen LogP contribution >= 0.6 is 0 Å². The summed E-state index contributed by atoms with van der Waals surface area (Å²) in [6, 6.07) is 14.2. The summed E-state index contributed by atoms with van der Waals surface area (Å²) < 4.78 is 0. The predicted octanol–water partition coefficient (Wildman–Crippen LogP) is 2.92. The lowest BCUT2D eigenvalue weighted by Gasteiger charge is -2.18. The van der Waals surface area contributed by atoms with E-state index in [0.29, 0.717) is 11.3 Å². The monoisotopic (exact) mass is 353 g/mol. The van der Waals surface area contributed by atoms with Gasteiger partial charge in [-0.25, -0.2) is 0 Å². The smallest absolute Gasteiger partial charge is 0.254 e. The molecule has 0 saturated carbocycles. The minimum atomic E-state index is -0.295. The Balaban J connectivity index is 2.02. The molecule has 0 atom stereocenters. The molecule has 26 heavy (non-hydrogen) atoms. The van der Waals surface area contributed by atoms with Crippen LogP contribution in [0.3, 0.4) is 0 Å². The molecule has 0 aromatic heterocycles. The van der Waals surface area contributed by atoms with Crippen LogP contribution in [0, 0.1) is 0 Å². The van der Waals surface area contributed by atoms with Crippen LogP contribution in [0.25, 0.3) is 0 Å². The Hall–Kier alpha value is -3.15. The van der Waals surface area contributed by atoms with E-state index < -0.39 is 0 Å². The second kappa shape index (κ2) is 8.80. The Morgan fingerprint density at radius 1 is 1.00 bits per heavy atom. The summed E-state index contributed by atoms with van der Waals surface area (Å²) in [6.45, 7) is 3.35. The zero-order chi connectivity index (χ0) is 19.1. The van der Waals surface area contributed by atoms with E-state index in [-0.39, 0.29) is 24.3 Å². The van der Waals surface area contributed by atoms with Gasteiger partial charge in [-0.1, -0.05) is 31.2 Å². The zero-order valence-corrected chi connectivity index (χ0v) is 15.2. The number of likely N-dealkylation sites (N-methyl/N-ethyl adjacent to an activating group) is 1. The molecular weight excluding hydrogens is 330 g/mol. The normalized spacial score (nSPS) is 10.1. The molecule has 0 aliphatic rings. The molecule has 6 heteroatoms. The molecule has 0 heterocycles. The van der Waals surface area contributed by atoms with Gasteiger partial charge in [0, 0.05) is 30.9 Å². The fraction of sp³-hybridized carbons (Fsp3) is 0.250. The van der Waals surface area contributed by atoms with E-state index in [4.69, 9.17) is 0 Å². The number of aryl methyl sites for hydroxylation is 1. The summed E-state index contributed by atoms with van der Waals surface area (Å²) in [6.07, 6.45) is 0.807.